The van der Waals surface area contributed by atoms with Crippen molar-refractivity contribution in [2.75, 3.05) is 0 Å². The number of carbonyl (C=O) groups is 1. The lowest BCUT2D eigenvalue weighted by Crippen LogP contribution is -2.50. The Labute approximate surface area is 235 Å². The third-order valence-electron chi connectivity index (χ3n) is 12.2. The molecule has 5 aliphatic rings. The van der Waals surface area contributed by atoms with Crippen LogP contribution >= 0.6 is 0 Å². The number of hydrogen-bond acceptors (Lipinski definition) is 4. The molecule has 3 saturated carbocycles. The fraction of sp³-hybridized carbons (Fsp3) is 0.686. The van der Waals surface area contributed by atoms with Gasteiger partial charge in [0.2, 0.25) is 0 Å². The first-order valence-corrected chi connectivity index (χ1v) is 15.5. The molecule has 4 fully saturated rings. The van der Waals surface area contributed by atoms with Gasteiger partial charge in [0, 0.05) is 11.8 Å². The van der Waals surface area contributed by atoms with Crippen molar-refractivity contribution in [2.45, 2.75) is 110 Å². The van der Waals surface area contributed by atoms with E-state index in [4.69, 9.17) is 9.47 Å². The summed E-state index contributed by atoms with van der Waals surface area (Å²) in [6, 6.07) is 9.31. The largest absolute Gasteiger partial charge is 0.456 e. The predicted molar refractivity (Wildman–Crippen MR) is 154 cm³/mol. The Morgan fingerprint density at radius 1 is 1.08 bits per heavy atom. The number of benzene rings is 1. The summed E-state index contributed by atoms with van der Waals surface area (Å²) in [6.45, 7) is 13.6. The van der Waals surface area contributed by atoms with Crippen LogP contribution < -0.4 is 0 Å². The summed E-state index contributed by atoms with van der Waals surface area (Å²) in [4.78, 5) is 12.8. The third kappa shape index (κ3) is 4.45. The second-order valence-electron chi connectivity index (χ2n) is 14.6. The van der Waals surface area contributed by atoms with E-state index in [1.165, 1.54) is 37.7 Å². The number of aliphatic hydroxyl groups is 1. The quantitative estimate of drug-likeness (QED) is 0.291. The number of carbonyl (C=O) groups excluding carboxylic acids is 1. The van der Waals surface area contributed by atoms with E-state index in [9.17, 15) is 9.90 Å². The summed E-state index contributed by atoms with van der Waals surface area (Å²) in [5, 5.41) is 10.4. The van der Waals surface area contributed by atoms with E-state index in [0.29, 0.717) is 34.7 Å². The monoisotopic (exact) mass is 532 g/mol. The summed E-state index contributed by atoms with van der Waals surface area (Å²) < 4.78 is 12.4. The summed E-state index contributed by atoms with van der Waals surface area (Å²) in [5.41, 5.74) is 3.45. The minimum atomic E-state index is -0.603. The number of fused-ring (bicyclic) bond motifs is 7. The van der Waals surface area contributed by atoms with Gasteiger partial charge >= 0.3 is 5.97 Å². The van der Waals surface area contributed by atoms with Gasteiger partial charge in [-0.1, -0.05) is 75.6 Å². The Morgan fingerprint density at radius 3 is 2.54 bits per heavy atom. The van der Waals surface area contributed by atoms with Crippen LogP contribution in [-0.2, 0) is 9.47 Å². The van der Waals surface area contributed by atoms with Crippen molar-refractivity contribution in [3.05, 3.63) is 59.2 Å². The molecule has 1 saturated heterocycles. The minimum Gasteiger partial charge on any atom is -0.456 e. The van der Waals surface area contributed by atoms with E-state index in [0.717, 1.165) is 18.8 Å². The van der Waals surface area contributed by atoms with Gasteiger partial charge in [-0.15, -0.1) is 0 Å². The Kier molecular flexibility index (Phi) is 6.70. The molecule has 39 heavy (non-hydrogen) atoms. The zero-order valence-electron chi connectivity index (χ0n) is 24.8. The average Bonchev–Trinajstić information content (AvgIpc) is 3.64. The van der Waals surface area contributed by atoms with Crippen molar-refractivity contribution in [3.8, 4) is 0 Å². The first-order valence-electron chi connectivity index (χ1n) is 15.5. The molecule has 0 spiro atoms. The van der Waals surface area contributed by atoms with Gasteiger partial charge in [0.1, 0.15) is 12.2 Å². The van der Waals surface area contributed by atoms with Gasteiger partial charge in [-0.05, 0) is 93.1 Å². The number of esters is 1. The molecule has 4 heteroatoms. The van der Waals surface area contributed by atoms with Crippen LogP contribution in [0.2, 0.25) is 0 Å². The fourth-order valence-corrected chi connectivity index (χ4v) is 9.30. The molecular formula is C35H48O4. The van der Waals surface area contributed by atoms with E-state index in [1.54, 1.807) is 5.57 Å². The topological polar surface area (TPSA) is 59.1 Å². The predicted octanol–water partition coefficient (Wildman–Crippen LogP) is 7.52. The number of ether oxygens (including phenoxy) is 2. The normalized spacial score (nSPS) is 40.2. The second-order valence-corrected chi connectivity index (χ2v) is 14.6. The fourth-order valence-electron chi connectivity index (χ4n) is 9.30. The Bertz CT molecular complexity index is 1160. The van der Waals surface area contributed by atoms with Crippen LogP contribution in [0.1, 0.15) is 96.8 Å². The molecule has 0 unspecified atom stereocenters. The Hall–Kier alpha value is -1.91. The molecule has 1 aliphatic heterocycles. The molecule has 0 aromatic heterocycles. The molecule has 4 aliphatic carbocycles. The summed E-state index contributed by atoms with van der Waals surface area (Å²) in [5.74, 6) is 2.67. The average molecular weight is 533 g/mol. The van der Waals surface area contributed by atoms with Crippen LogP contribution in [-0.4, -0.2) is 35.0 Å². The summed E-state index contributed by atoms with van der Waals surface area (Å²) >= 11 is 0. The van der Waals surface area contributed by atoms with Crippen molar-refractivity contribution >= 4 is 5.97 Å². The number of epoxide rings is 1. The van der Waals surface area contributed by atoms with Crippen LogP contribution in [0.3, 0.4) is 0 Å². The second kappa shape index (κ2) is 9.58. The lowest BCUT2D eigenvalue weighted by atomic mass is 9.50. The van der Waals surface area contributed by atoms with E-state index in [2.05, 4.69) is 39.8 Å². The van der Waals surface area contributed by atoms with Crippen LogP contribution in [0.15, 0.2) is 53.6 Å². The molecular weight excluding hydrogens is 484 g/mol. The SMILES string of the molecule is C[C@H](CC[C@H](C)C(C)(C)O)[C@H]1CC[C@H]2C3=CC=C4C[C@@H](OC(=O)c5ccccc5)[C@@H]5O[C@@H]5[C@]4(C)[C@H]3CC[C@]12C. The third-order valence-corrected chi connectivity index (χ3v) is 12.2. The first kappa shape index (κ1) is 27.3. The van der Waals surface area contributed by atoms with E-state index in [1.807, 2.05) is 44.2 Å². The molecule has 4 nitrogen and oxygen atoms in total. The smallest absolute Gasteiger partial charge is 0.338 e. The number of hydrogen-bond donors (Lipinski definition) is 1. The highest BCUT2D eigenvalue weighted by Gasteiger charge is 2.67. The zero-order valence-corrected chi connectivity index (χ0v) is 24.8. The molecule has 1 aromatic rings. The van der Waals surface area contributed by atoms with Gasteiger partial charge in [0.15, 0.2) is 0 Å². The van der Waals surface area contributed by atoms with Gasteiger partial charge in [-0.3, -0.25) is 0 Å². The van der Waals surface area contributed by atoms with Gasteiger partial charge in [0.25, 0.3) is 0 Å². The highest BCUT2D eigenvalue weighted by atomic mass is 16.6. The maximum absolute atomic E-state index is 12.8. The van der Waals surface area contributed by atoms with E-state index >= 15 is 0 Å². The van der Waals surface area contributed by atoms with Gasteiger partial charge in [-0.2, -0.15) is 0 Å². The molecule has 0 radical (unpaired) electrons. The standard InChI is InChI=1S/C35H48O4/c1-21(12-13-22(2)33(3,4)37)26-16-17-27-25-15-14-24-20-29(38-32(36)23-10-8-7-9-11-23)30-31(39-30)35(24,6)28(25)18-19-34(26,27)5/h7-11,14-15,21-22,26-31,37H,12-13,16-20H2,1-6H3/t21-,22+,26-,27+,28+,29-,30+,31+,34-,35+/m1/s1. The van der Waals surface area contributed by atoms with Crippen LogP contribution in [0.25, 0.3) is 0 Å². The van der Waals surface area contributed by atoms with Crippen molar-refractivity contribution in [1.82, 2.24) is 0 Å². The molecule has 6 rings (SSSR count). The van der Waals surface area contributed by atoms with Crippen molar-refractivity contribution in [1.29, 1.82) is 0 Å². The Morgan fingerprint density at radius 2 is 1.82 bits per heavy atom. The van der Waals surface area contributed by atoms with E-state index < -0.39 is 5.60 Å². The highest BCUT2D eigenvalue weighted by molar-refractivity contribution is 5.89. The van der Waals surface area contributed by atoms with Gasteiger partial charge in [0.05, 0.1) is 17.3 Å². The molecule has 212 valence electrons. The maximum Gasteiger partial charge on any atom is 0.338 e. The van der Waals surface area contributed by atoms with Crippen LogP contribution in [0.4, 0.5) is 0 Å². The first-order chi connectivity index (χ1) is 18.4. The molecule has 1 aromatic carbocycles. The highest BCUT2D eigenvalue weighted by Crippen LogP contribution is 2.68. The van der Waals surface area contributed by atoms with Gasteiger partial charge < -0.3 is 14.6 Å². The number of rotatable bonds is 7. The summed E-state index contributed by atoms with van der Waals surface area (Å²) in [6.07, 6.45) is 13.0. The van der Waals surface area contributed by atoms with E-state index in [-0.39, 0.29) is 29.7 Å². The summed E-state index contributed by atoms with van der Waals surface area (Å²) in [7, 11) is 0. The minimum absolute atomic E-state index is 0.0115. The van der Waals surface area contributed by atoms with Crippen LogP contribution in [0, 0.1) is 40.4 Å². The maximum atomic E-state index is 12.8. The van der Waals surface area contributed by atoms with Crippen molar-refractivity contribution in [2.24, 2.45) is 40.4 Å². The molecule has 1 heterocycles. The zero-order chi connectivity index (χ0) is 27.7. The van der Waals surface area contributed by atoms with Crippen molar-refractivity contribution in [3.63, 3.8) is 0 Å². The molecule has 10 atom stereocenters. The Balaban J connectivity index is 1.18. The molecule has 0 bridgehead atoms. The lowest BCUT2D eigenvalue weighted by molar-refractivity contribution is 0.00948. The number of allylic oxidation sites excluding steroid dienone is 3. The van der Waals surface area contributed by atoms with Gasteiger partial charge in [-0.25, -0.2) is 4.79 Å². The van der Waals surface area contributed by atoms with Crippen molar-refractivity contribution < 1.29 is 19.4 Å². The molecule has 1 N–H and O–H groups in total. The molecule has 0 amide bonds. The lowest BCUT2D eigenvalue weighted by Gasteiger charge is -2.54. The van der Waals surface area contributed by atoms with Crippen LogP contribution in [0.5, 0.6) is 0 Å².